The van der Waals surface area contributed by atoms with Gasteiger partial charge >= 0.3 is 0 Å². The lowest BCUT2D eigenvalue weighted by molar-refractivity contribution is -0.384. The van der Waals surface area contributed by atoms with Gasteiger partial charge in [-0.15, -0.1) is 0 Å². The zero-order valence-electron chi connectivity index (χ0n) is 10.3. The number of carbonyl (C=O) groups excluding carboxylic acids is 1. The van der Waals surface area contributed by atoms with Crippen molar-refractivity contribution in [1.29, 1.82) is 0 Å². The van der Waals surface area contributed by atoms with E-state index in [2.05, 4.69) is 4.98 Å². The maximum atomic E-state index is 10.8. The second-order valence-electron chi connectivity index (χ2n) is 3.94. The van der Waals surface area contributed by atoms with Crippen LogP contribution in [-0.2, 0) is 4.79 Å². The van der Waals surface area contributed by atoms with Gasteiger partial charge in [-0.3, -0.25) is 14.9 Å². The monoisotopic (exact) mass is 276 g/mol. The number of H-pyrrole nitrogens is 1. The molecule has 0 saturated carbocycles. The summed E-state index contributed by atoms with van der Waals surface area (Å²) in [5.74, 6) is 0.594. The molecule has 0 aliphatic rings. The Morgan fingerprint density at radius 1 is 1.53 bits per heavy atom. The number of nitrogens with zero attached hydrogens (tertiary/aromatic N) is 1. The Hall–Kier alpha value is -2.08. The molecule has 0 unspecified atom stereocenters. The summed E-state index contributed by atoms with van der Waals surface area (Å²) in [6, 6.07) is 4.71. The Labute approximate surface area is 113 Å². The van der Waals surface area contributed by atoms with E-state index in [4.69, 9.17) is 0 Å². The topological polar surface area (TPSA) is 76.0 Å². The minimum absolute atomic E-state index is 0.0687. The van der Waals surface area contributed by atoms with Gasteiger partial charge in [-0.05, 0) is 11.6 Å². The van der Waals surface area contributed by atoms with Gasteiger partial charge in [0.15, 0.2) is 5.12 Å². The normalized spacial score (nSPS) is 11.2. The lowest BCUT2D eigenvalue weighted by atomic mass is 10.1. The number of thioether (sulfide) groups is 1. The molecule has 2 rings (SSSR count). The van der Waals surface area contributed by atoms with Crippen LogP contribution in [0.2, 0.25) is 0 Å². The summed E-state index contributed by atoms with van der Waals surface area (Å²) in [5.41, 5.74) is 1.80. The molecule has 19 heavy (non-hydrogen) atoms. The maximum Gasteiger partial charge on any atom is 0.270 e. The summed E-state index contributed by atoms with van der Waals surface area (Å²) in [5, 5.41) is 11.6. The van der Waals surface area contributed by atoms with Crippen LogP contribution in [0.5, 0.6) is 0 Å². The first-order chi connectivity index (χ1) is 9.08. The first kappa shape index (κ1) is 13.4. The lowest BCUT2D eigenvalue weighted by Gasteiger charge is -1.94. The van der Waals surface area contributed by atoms with Gasteiger partial charge in [0.2, 0.25) is 0 Å². The minimum Gasteiger partial charge on any atom is -0.361 e. The summed E-state index contributed by atoms with van der Waals surface area (Å²) in [7, 11) is 0. The highest BCUT2D eigenvalue weighted by atomic mass is 32.2. The third-order valence-corrected chi connectivity index (χ3v) is 3.35. The number of benzene rings is 1. The number of carbonyl (C=O) groups is 1. The highest BCUT2D eigenvalue weighted by Crippen LogP contribution is 2.24. The Morgan fingerprint density at radius 3 is 3.00 bits per heavy atom. The number of nitro groups is 1. The van der Waals surface area contributed by atoms with Crippen LogP contribution >= 0.6 is 11.8 Å². The summed E-state index contributed by atoms with van der Waals surface area (Å²) in [6.07, 6.45) is 5.52. The third kappa shape index (κ3) is 3.23. The Kier molecular flexibility index (Phi) is 4.01. The van der Waals surface area contributed by atoms with Gasteiger partial charge in [0.25, 0.3) is 5.69 Å². The van der Waals surface area contributed by atoms with E-state index in [1.807, 2.05) is 12.2 Å². The molecule has 1 aromatic heterocycles. The lowest BCUT2D eigenvalue weighted by Crippen LogP contribution is -1.86. The summed E-state index contributed by atoms with van der Waals surface area (Å²) >= 11 is 1.22. The van der Waals surface area contributed by atoms with Gasteiger partial charge in [-0.1, -0.05) is 23.9 Å². The number of hydrogen-bond donors (Lipinski definition) is 1. The first-order valence-electron chi connectivity index (χ1n) is 5.63. The summed E-state index contributed by atoms with van der Waals surface area (Å²) in [6.45, 7) is 1.52. The van der Waals surface area contributed by atoms with E-state index in [0.717, 1.165) is 16.5 Å². The van der Waals surface area contributed by atoms with Crippen molar-refractivity contribution in [3.05, 3.63) is 46.1 Å². The predicted octanol–water partition coefficient (Wildman–Crippen LogP) is 3.37. The van der Waals surface area contributed by atoms with E-state index in [0.29, 0.717) is 5.75 Å². The molecule has 6 heteroatoms. The molecular formula is C13H12N2O3S. The van der Waals surface area contributed by atoms with Crippen LogP contribution in [0.4, 0.5) is 5.69 Å². The number of rotatable bonds is 4. The molecular weight excluding hydrogens is 264 g/mol. The molecule has 0 aliphatic carbocycles. The first-order valence-corrected chi connectivity index (χ1v) is 6.62. The fraction of sp³-hybridized carbons (Fsp3) is 0.154. The number of hydrogen-bond acceptors (Lipinski definition) is 4. The second kappa shape index (κ2) is 5.71. The van der Waals surface area contributed by atoms with Crippen LogP contribution in [0.1, 0.15) is 12.5 Å². The number of nitrogens with one attached hydrogen (secondary N) is 1. The molecule has 1 N–H and O–H groups in total. The van der Waals surface area contributed by atoms with Crippen molar-refractivity contribution in [3.63, 3.8) is 0 Å². The van der Waals surface area contributed by atoms with E-state index >= 15 is 0 Å². The van der Waals surface area contributed by atoms with Crippen molar-refractivity contribution >= 4 is 39.5 Å². The Balaban J connectivity index is 2.25. The van der Waals surface area contributed by atoms with Crippen LogP contribution in [0.3, 0.4) is 0 Å². The van der Waals surface area contributed by atoms with E-state index < -0.39 is 4.92 Å². The largest absolute Gasteiger partial charge is 0.361 e. The molecule has 0 saturated heterocycles. The molecule has 0 spiro atoms. The Morgan fingerprint density at radius 2 is 2.32 bits per heavy atom. The smallest absolute Gasteiger partial charge is 0.270 e. The van der Waals surface area contributed by atoms with Gasteiger partial charge in [0, 0.05) is 41.9 Å². The molecule has 0 radical (unpaired) electrons. The zero-order chi connectivity index (χ0) is 13.8. The minimum atomic E-state index is -0.411. The van der Waals surface area contributed by atoms with Gasteiger partial charge < -0.3 is 4.98 Å². The molecule has 5 nitrogen and oxygen atoms in total. The van der Waals surface area contributed by atoms with E-state index in [1.54, 1.807) is 18.3 Å². The number of nitro benzene ring substituents is 1. The molecule has 0 amide bonds. The molecule has 98 valence electrons. The van der Waals surface area contributed by atoms with Crippen molar-refractivity contribution in [2.75, 3.05) is 5.75 Å². The van der Waals surface area contributed by atoms with Crippen LogP contribution < -0.4 is 0 Å². The molecule has 0 bridgehead atoms. The molecule has 0 aliphatic heterocycles. The average Bonchev–Trinajstić information content (AvgIpc) is 2.76. The fourth-order valence-corrected chi connectivity index (χ4v) is 2.15. The second-order valence-corrected chi connectivity index (χ2v) is 5.13. The zero-order valence-corrected chi connectivity index (χ0v) is 11.1. The Bertz CT molecular complexity index is 661. The van der Waals surface area contributed by atoms with Gasteiger partial charge in [-0.2, -0.15) is 0 Å². The van der Waals surface area contributed by atoms with E-state index in [9.17, 15) is 14.9 Å². The standard InChI is InChI=1S/C13H12N2O3S/c1-9(16)19-6-2-3-10-8-14-13-5-4-11(15(17)18)7-12(10)13/h2-5,7-8,14H,6H2,1H3. The quantitative estimate of drug-likeness (QED) is 0.686. The molecule has 1 aromatic carbocycles. The van der Waals surface area contributed by atoms with E-state index in [1.165, 1.54) is 24.8 Å². The number of fused-ring (bicyclic) bond motifs is 1. The number of aromatic nitrogens is 1. The summed E-state index contributed by atoms with van der Waals surface area (Å²) < 4.78 is 0. The maximum absolute atomic E-state index is 10.8. The van der Waals surface area contributed by atoms with Crippen LogP contribution in [0.25, 0.3) is 17.0 Å². The molecule has 1 heterocycles. The van der Waals surface area contributed by atoms with Crippen LogP contribution in [0.15, 0.2) is 30.5 Å². The van der Waals surface area contributed by atoms with Gasteiger partial charge in [0.05, 0.1) is 4.92 Å². The van der Waals surface area contributed by atoms with E-state index in [-0.39, 0.29) is 10.8 Å². The number of non-ortho nitro benzene ring substituents is 1. The van der Waals surface area contributed by atoms with Crippen molar-refractivity contribution in [1.82, 2.24) is 4.98 Å². The van der Waals surface area contributed by atoms with Crippen LogP contribution in [0, 0.1) is 10.1 Å². The SMILES string of the molecule is CC(=O)SCC=Cc1c[nH]c2ccc([N+](=O)[O-])cc12. The average molecular weight is 276 g/mol. The van der Waals surface area contributed by atoms with Crippen molar-refractivity contribution in [3.8, 4) is 0 Å². The van der Waals surface area contributed by atoms with Crippen LogP contribution in [-0.4, -0.2) is 20.8 Å². The van der Waals surface area contributed by atoms with Crippen molar-refractivity contribution < 1.29 is 9.72 Å². The van der Waals surface area contributed by atoms with Crippen molar-refractivity contribution in [2.24, 2.45) is 0 Å². The fourth-order valence-electron chi connectivity index (χ4n) is 1.72. The summed E-state index contributed by atoms with van der Waals surface area (Å²) in [4.78, 5) is 24.2. The van der Waals surface area contributed by atoms with Crippen molar-refractivity contribution in [2.45, 2.75) is 6.92 Å². The number of aromatic amines is 1. The third-order valence-electron chi connectivity index (χ3n) is 2.59. The highest BCUT2D eigenvalue weighted by molar-refractivity contribution is 8.13. The molecule has 2 aromatic rings. The van der Waals surface area contributed by atoms with Gasteiger partial charge in [0.1, 0.15) is 0 Å². The molecule has 0 fully saturated rings. The van der Waals surface area contributed by atoms with Gasteiger partial charge in [-0.25, -0.2) is 0 Å². The highest BCUT2D eigenvalue weighted by Gasteiger charge is 2.08. The predicted molar refractivity (Wildman–Crippen MR) is 77.1 cm³/mol. The molecule has 0 atom stereocenters.